The van der Waals surface area contributed by atoms with Gasteiger partial charge in [-0.15, -0.1) is 0 Å². The number of aromatic nitrogens is 2. The van der Waals surface area contributed by atoms with E-state index in [4.69, 9.17) is 4.74 Å². The predicted octanol–water partition coefficient (Wildman–Crippen LogP) is 1.27. The third kappa shape index (κ3) is 5.95. The van der Waals surface area contributed by atoms with Crippen LogP contribution in [0.5, 0.6) is 0 Å². The molecule has 0 aromatic carbocycles. The minimum absolute atomic E-state index is 0.264. The molecule has 1 aliphatic rings. The van der Waals surface area contributed by atoms with Gasteiger partial charge in [0.05, 0.1) is 0 Å². The zero-order valence-corrected chi connectivity index (χ0v) is 13.6. The van der Waals surface area contributed by atoms with Crippen molar-refractivity contribution in [1.29, 1.82) is 0 Å². The van der Waals surface area contributed by atoms with Crippen molar-refractivity contribution in [2.45, 2.75) is 32.8 Å². The van der Waals surface area contributed by atoms with E-state index < -0.39 is 11.7 Å². The SMILES string of the molecule is CC(C)(C)OC(=O)Nc1ncc(CCN2CCNCC2)cn1. The molecule has 1 amide bonds. The lowest BCUT2D eigenvalue weighted by atomic mass is 10.2. The Labute approximate surface area is 131 Å². The molecule has 2 N–H and O–H groups in total. The number of nitrogens with zero attached hydrogens (tertiary/aromatic N) is 3. The van der Waals surface area contributed by atoms with Gasteiger partial charge in [-0.05, 0) is 32.8 Å². The maximum absolute atomic E-state index is 11.6. The van der Waals surface area contributed by atoms with Gasteiger partial charge in [-0.2, -0.15) is 0 Å². The maximum atomic E-state index is 11.6. The van der Waals surface area contributed by atoms with E-state index in [1.165, 1.54) is 0 Å². The number of carbonyl (C=O) groups is 1. The fourth-order valence-corrected chi connectivity index (χ4v) is 2.17. The fourth-order valence-electron chi connectivity index (χ4n) is 2.17. The van der Waals surface area contributed by atoms with Crippen LogP contribution in [0.25, 0.3) is 0 Å². The van der Waals surface area contributed by atoms with Crippen molar-refractivity contribution in [3.63, 3.8) is 0 Å². The molecule has 0 unspecified atom stereocenters. The van der Waals surface area contributed by atoms with Gasteiger partial charge in [-0.1, -0.05) is 0 Å². The van der Waals surface area contributed by atoms with Gasteiger partial charge in [0, 0.05) is 45.1 Å². The Bertz CT molecular complexity index is 478. The summed E-state index contributed by atoms with van der Waals surface area (Å²) < 4.78 is 5.16. The molecule has 7 nitrogen and oxygen atoms in total. The van der Waals surface area contributed by atoms with Crippen LogP contribution in [0.3, 0.4) is 0 Å². The molecule has 22 heavy (non-hydrogen) atoms. The lowest BCUT2D eigenvalue weighted by Gasteiger charge is -2.26. The molecule has 0 radical (unpaired) electrons. The van der Waals surface area contributed by atoms with Crippen LogP contribution in [-0.4, -0.2) is 59.3 Å². The molecule has 1 saturated heterocycles. The lowest BCUT2D eigenvalue weighted by molar-refractivity contribution is 0.0634. The molecule has 1 aromatic rings. The van der Waals surface area contributed by atoms with Crippen LogP contribution in [-0.2, 0) is 11.2 Å². The molecule has 0 aliphatic carbocycles. The highest BCUT2D eigenvalue weighted by Gasteiger charge is 2.17. The first kappa shape index (κ1) is 16.6. The summed E-state index contributed by atoms with van der Waals surface area (Å²) in [5.41, 5.74) is 0.529. The molecule has 2 heterocycles. The number of ether oxygens (including phenoxy) is 1. The largest absolute Gasteiger partial charge is 0.444 e. The molecule has 1 aliphatic heterocycles. The zero-order chi connectivity index (χ0) is 16.0. The third-order valence-electron chi connectivity index (χ3n) is 3.24. The minimum Gasteiger partial charge on any atom is -0.444 e. The van der Waals surface area contributed by atoms with Gasteiger partial charge in [-0.25, -0.2) is 14.8 Å². The highest BCUT2D eigenvalue weighted by atomic mass is 16.6. The van der Waals surface area contributed by atoms with Crippen molar-refractivity contribution in [1.82, 2.24) is 20.2 Å². The van der Waals surface area contributed by atoms with Crippen molar-refractivity contribution < 1.29 is 9.53 Å². The zero-order valence-electron chi connectivity index (χ0n) is 13.6. The van der Waals surface area contributed by atoms with Gasteiger partial charge >= 0.3 is 6.09 Å². The minimum atomic E-state index is -0.541. The van der Waals surface area contributed by atoms with Crippen molar-refractivity contribution in [3.05, 3.63) is 18.0 Å². The number of piperazine rings is 1. The summed E-state index contributed by atoms with van der Waals surface area (Å²) in [6.45, 7) is 10.7. The van der Waals surface area contributed by atoms with Gasteiger partial charge < -0.3 is 15.0 Å². The Morgan fingerprint density at radius 2 is 1.95 bits per heavy atom. The Morgan fingerprint density at radius 1 is 1.32 bits per heavy atom. The number of amides is 1. The second-order valence-corrected chi connectivity index (χ2v) is 6.38. The van der Waals surface area contributed by atoms with Gasteiger partial charge in [0.25, 0.3) is 0 Å². The molecule has 1 aromatic heterocycles. The first-order valence-corrected chi connectivity index (χ1v) is 7.66. The number of carbonyl (C=O) groups excluding carboxylic acids is 1. The highest BCUT2D eigenvalue weighted by Crippen LogP contribution is 2.09. The molecule has 2 rings (SSSR count). The average Bonchev–Trinajstić information content (AvgIpc) is 2.45. The molecule has 0 bridgehead atoms. The van der Waals surface area contributed by atoms with E-state index in [2.05, 4.69) is 25.5 Å². The number of nitrogens with one attached hydrogen (secondary N) is 2. The molecule has 0 spiro atoms. The summed E-state index contributed by atoms with van der Waals surface area (Å²) >= 11 is 0. The van der Waals surface area contributed by atoms with Crippen molar-refractivity contribution in [2.75, 3.05) is 38.0 Å². The van der Waals surface area contributed by atoms with Gasteiger partial charge in [0.1, 0.15) is 5.60 Å². The smallest absolute Gasteiger partial charge is 0.414 e. The van der Waals surface area contributed by atoms with Crippen molar-refractivity contribution in [2.24, 2.45) is 0 Å². The highest BCUT2D eigenvalue weighted by molar-refractivity contribution is 5.82. The predicted molar refractivity (Wildman–Crippen MR) is 84.9 cm³/mol. The van der Waals surface area contributed by atoms with Crippen LogP contribution in [0.15, 0.2) is 12.4 Å². The van der Waals surface area contributed by atoms with E-state index in [1.54, 1.807) is 12.4 Å². The second-order valence-electron chi connectivity index (χ2n) is 6.38. The van der Waals surface area contributed by atoms with E-state index in [9.17, 15) is 4.79 Å². The summed E-state index contributed by atoms with van der Waals surface area (Å²) in [5.74, 6) is 0.264. The van der Waals surface area contributed by atoms with Gasteiger partial charge in [0.15, 0.2) is 0 Å². The lowest BCUT2D eigenvalue weighted by Crippen LogP contribution is -2.44. The van der Waals surface area contributed by atoms with Crippen LogP contribution in [0, 0.1) is 0 Å². The first-order chi connectivity index (χ1) is 10.4. The first-order valence-electron chi connectivity index (χ1n) is 7.66. The maximum Gasteiger partial charge on any atom is 0.414 e. The van der Waals surface area contributed by atoms with E-state index in [1.807, 2.05) is 20.8 Å². The summed E-state index contributed by atoms with van der Waals surface area (Å²) in [6, 6.07) is 0. The van der Waals surface area contributed by atoms with Gasteiger partial charge in [-0.3, -0.25) is 5.32 Å². The van der Waals surface area contributed by atoms with E-state index in [0.29, 0.717) is 0 Å². The van der Waals surface area contributed by atoms with Crippen LogP contribution >= 0.6 is 0 Å². The Hall–Kier alpha value is -1.73. The fraction of sp³-hybridized carbons (Fsp3) is 0.667. The molecule has 122 valence electrons. The van der Waals surface area contributed by atoms with Crippen LogP contribution < -0.4 is 10.6 Å². The standard InChI is InChI=1S/C15H25N5O2/c1-15(2,3)22-14(21)19-13-17-10-12(11-18-13)4-7-20-8-5-16-6-9-20/h10-11,16H,4-9H2,1-3H3,(H,17,18,19,21). The second kappa shape index (κ2) is 7.51. The third-order valence-corrected chi connectivity index (χ3v) is 3.24. The molecular weight excluding hydrogens is 282 g/mol. The van der Waals surface area contributed by atoms with Crippen LogP contribution in [0.2, 0.25) is 0 Å². The molecule has 7 heteroatoms. The van der Waals surface area contributed by atoms with Crippen LogP contribution in [0.4, 0.5) is 10.7 Å². The summed E-state index contributed by atoms with van der Waals surface area (Å²) in [5, 5.41) is 5.87. The van der Waals surface area contributed by atoms with E-state index >= 15 is 0 Å². The molecule has 0 atom stereocenters. The molecule has 1 fully saturated rings. The normalized spacial score (nSPS) is 16.3. The van der Waals surface area contributed by atoms with Crippen LogP contribution in [0.1, 0.15) is 26.3 Å². The molecule has 0 saturated carbocycles. The van der Waals surface area contributed by atoms with Crippen molar-refractivity contribution in [3.8, 4) is 0 Å². The van der Waals surface area contributed by atoms with E-state index in [-0.39, 0.29) is 5.95 Å². The molecular formula is C15H25N5O2. The summed E-state index contributed by atoms with van der Waals surface area (Å²) in [7, 11) is 0. The summed E-state index contributed by atoms with van der Waals surface area (Å²) in [4.78, 5) is 22.4. The quantitative estimate of drug-likeness (QED) is 0.872. The van der Waals surface area contributed by atoms with Crippen molar-refractivity contribution >= 4 is 12.0 Å². The topological polar surface area (TPSA) is 79.4 Å². The van der Waals surface area contributed by atoms with Gasteiger partial charge in [0.2, 0.25) is 5.95 Å². The monoisotopic (exact) mass is 307 g/mol. The Morgan fingerprint density at radius 3 is 2.55 bits per heavy atom. The summed E-state index contributed by atoms with van der Waals surface area (Å²) in [6.07, 6.45) is 3.87. The van der Waals surface area contributed by atoms with E-state index in [0.717, 1.165) is 44.7 Å². The Kier molecular flexibility index (Phi) is 5.68. The number of hydrogen-bond acceptors (Lipinski definition) is 6. The Balaban J connectivity index is 1.78. The number of anilines is 1. The number of rotatable bonds is 4. The average molecular weight is 307 g/mol. The number of hydrogen-bond donors (Lipinski definition) is 2.